The zero-order valence-corrected chi connectivity index (χ0v) is 6.29. The molecule has 0 atom stereocenters. The number of benzene rings is 1. The van der Waals surface area contributed by atoms with Gasteiger partial charge < -0.3 is 0 Å². The van der Waals surface area contributed by atoms with Crippen molar-refractivity contribution in [1.82, 2.24) is 0 Å². The van der Waals surface area contributed by atoms with Gasteiger partial charge in [-0.1, -0.05) is 18.2 Å². The van der Waals surface area contributed by atoms with Crippen LogP contribution in [0.25, 0.3) is 10.1 Å². The highest BCUT2D eigenvalue weighted by Crippen LogP contribution is 2.27. The molecule has 2 rings (SSSR count). The van der Waals surface area contributed by atoms with E-state index in [1.54, 1.807) is 24.3 Å². The third-order valence-electron chi connectivity index (χ3n) is 1.50. The zero-order chi connectivity index (χ0) is 7.84. The lowest BCUT2D eigenvalue weighted by molar-refractivity contribution is 0.538. The van der Waals surface area contributed by atoms with Crippen LogP contribution in [0.3, 0.4) is 0 Å². The van der Waals surface area contributed by atoms with Crippen LogP contribution in [0.5, 0.6) is 0 Å². The minimum Gasteiger partial charge on any atom is -0.202 e. The molecule has 0 saturated carbocycles. The molecule has 0 radical (unpaired) electrons. The average Bonchev–Trinajstić information content (AvgIpc) is 2.30. The normalized spacial score (nSPS) is 10.7. The molecule has 56 valence electrons. The van der Waals surface area contributed by atoms with Crippen molar-refractivity contribution < 1.29 is 8.78 Å². The van der Waals surface area contributed by atoms with E-state index in [9.17, 15) is 8.78 Å². The maximum atomic E-state index is 12.8. The summed E-state index contributed by atoms with van der Waals surface area (Å²) in [6, 6.07) is 6.73. The highest BCUT2D eigenvalue weighted by atomic mass is 32.1. The first-order valence-corrected chi connectivity index (χ1v) is 3.93. The predicted octanol–water partition coefficient (Wildman–Crippen LogP) is 3.18. The van der Waals surface area contributed by atoms with Crippen LogP contribution in [0, 0.1) is 10.9 Å². The van der Waals surface area contributed by atoms with Gasteiger partial charge in [0.05, 0.1) is 0 Å². The van der Waals surface area contributed by atoms with Crippen LogP contribution in [0.15, 0.2) is 24.3 Å². The maximum absolute atomic E-state index is 12.8. The summed E-state index contributed by atoms with van der Waals surface area (Å²) in [6.45, 7) is 0. The first kappa shape index (κ1) is 6.73. The van der Waals surface area contributed by atoms with E-state index in [4.69, 9.17) is 0 Å². The van der Waals surface area contributed by atoms with E-state index < -0.39 is 10.9 Å². The number of thiophene rings is 1. The predicted molar refractivity (Wildman–Crippen MR) is 41.7 cm³/mol. The van der Waals surface area contributed by atoms with Crippen molar-refractivity contribution >= 4 is 21.4 Å². The number of hydrogen-bond donors (Lipinski definition) is 0. The van der Waals surface area contributed by atoms with E-state index in [1.165, 1.54) is 0 Å². The first-order chi connectivity index (χ1) is 5.29. The second-order valence-electron chi connectivity index (χ2n) is 2.19. The summed E-state index contributed by atoms with van der Waals surface area (Å²) < 4.78 is 26.0. The average molecular weight is 170 g/mol. The van der Waals surface area contributed by atoms with Gasteiger partial charge in [0.1, 0.15) is 0 Å². The van der Waals surface area contributed by atoms with Crippen molar-refractivity contribution in [3.05, 3.63) is 35.2 Å². The minimum absolute atomic E-state index is 0.370. The van der Waals surface area contributed by atoms with Crippen LogP contribution in [0.2, 0.25) is 0 Å². The standard InChI is InChI=1S/C8H4F2S/c9-7-5-3-1-2-4-6(5)11-8(7)10/h1-4H. The number of fused-ring (bicyclic) bond motifs is 1. The fourth-order valence-electron chi connectivity index (χ4n) is 0.984. The Morgan fingerprint density at radius 2 is 1.82 bits per heavy atom. The van der Waals surface area contributed by atoms with Gasteiger partial charge in [0, 0.05) is 10.1 Å². The number of halogens is 2. The van der Waals surface area contributed by atoms with Gasteiger partial charge >= 0.3 is 0 Å². The monoisotopic (exact) mass is 170 g/mol. The van der Waals surface area contributed by atoms with Crippen molar-refractivity contribution in [2.45, 2.75) is 0 Å². The topological polar surface area (TPSA) is 0 Å². The van der Waals surface area contributed by atoms with Crippen molar-refractivity contribution in [2.75, 3.05) is 0 Å². The lowest BCUT2D eigenvalue weighted by atomic mass is 10.3. The van der Waals surface area contributed by atoms with Gasteiger partial charge in [-0.15, -0.1) is 11.3 Å². The SMILES string of the molecule is Fc1sc2ccccc2c1F. The van der Waals surface area contributed by atoms with Crippen LogP contribution in [0.4, 0.5) is 8.78 Å². The Bertz CT molecular complexity index is 392. The Kier molecular flexibility index (Phi) is 1.39. The molecule has 3 heteroatoms. The van der Waals surface area contributed by atoms with Crippen molar-refractivity contribution in [1.29, 1.82) is 0 Å². The largest absolute Gasteiger partial charge is 0.213 e. The second-order valence-corrected chi connectivity index (χ2v) is 3.19. The smallest absolute Gasteiger partial charge is 0.202 e. The van der Waals surface area contributed by atoms with Crippen LogP contribution in [-0.2, 0) is 0 Å². The Morgan fingerprint density at radius 1 is 1.09 bits per heavy atom. The molecule has 0 fully saturated rings. The fourth-order valence-corrected chi connectivity index (χ4v) is 1.79. The molecule has 1 aromatic heterocycles. The van der Waals surface area contributed by atoms with Crippen molar-refractivity contribution in [3.8, 4) is 0 Å². The molecule has 11 heavy (non-hydrogen) atoms. The summed E-state index contributed by atoms with van der Waals surface area (Å²) in [6.07, 6.45) is 0. The molecule has 2 aromatic rings. The van der Waals surface area contributed by atoms with Gasteiger partial charge in [-0.2, -0.15) is 4.39 Å². The highest BCUT2D eigenvalue weighted by molar-refractivity contribution is 7.17. The van der Waals surface area contributed by atoms with Gasteiger partial charge in [0.15, 0.2) is 5.82 Å². The fraction of sp³-hybridized carbons (Fsp3) is 0. The quantitative estimate of drug-likeness (QED) is 0.569. The van der Waals surface area contributed by atoms with E-state index in [0.29, 0.717) is 10.1 Å². The van der Waals surface area contributed by atoms with Gasteiger partial charge in [0.25, 0.3) is 0 Å². The van der Waals surface area contributed by atoms with E-state index in [1.807, 2.05) is 0 Å². The second kappa shape index (κ2) is 2.27. The molecule has 0 amide bonds. The molecule has 0 aliphatic heterocycles. The summed E-state index contributed by atoms with van der Waals surface area (Å²) in [4.78, 5) is 0. The summed E-state index contributed by atoms with van der Waals surface area (Å²) in [5.74, 6) is -0.731. The van der Waals surface area contributed by atoms with Gasteiger partial charge in [-0.05, 0) is 6.07 Å². The molecular weight excluding hydrogens is 166 g/mol. The van der Waals surface area contributed by atoms with Crippen LogP contribution in [0.1, 0.15) is 0 Å². The third-order valence-corrected chi connectivity index (χ3v) is 2.43. The molecule has 0 bridgehead atoms. The van der Waals surface area contributed by atoms with Gasteiger partial charge in [-0.25, -0.2) is 4.39 Å². The number of rotatable bonds is 0. The molecule has 0 saturated heterocycles. The Morgan fingerprint density at radius 3 is 2.55 bits per heavy atom. The van der Waals surface area contributed by atoms with Crippen LogP contribution < -0.4 is 0 Å². The zero-order valence-electron chi connectivity index (χ0n) is 5.47. The van der Waals surface area contributed by atoms with Gasteiger partial charge in [0.2, 0.25) is 5.13 Å². The number of hydrogen-bond acceptors (Lipinski definition) is 1. The van der Waals surface area contributed by atoms with E-state index in [0.717, 1.165) is 11.3 Å². The molecule has 0 aliphatic rings. The molecule has 1 heterocycles. The van der Waals surface area contributed by atoms with E-state index >= 15 is 0 Å². The van der Waals surface area contributed by atoms with Crippen molar-refractivity contribution in [2.24, 2.45) is 0 Å². The molecule has 0 N–H and O–H groups in total. The van der Waals surface area contributed by atoms with Gasteiger partial charge in [-0.3, -0.25) is 0 Å². The Hall–Kier alpha value is -0.960. The summed E-state index contributed by atoms with van der Waals surface area (Å²) >= 11 is 0.837. The van der Waals surface area contributed by atoms with Crippen molar-refractivity contribution in [3.63, 3.8) is 0 Å². The maximum Gasteiger partial charge on any atom is 0.213 e. The Labute approximate surface area is 66.1 Å². The van der Waals surface area contributed by atoms with Crippen LogP contribution >= 0.6 is 11.3 Å². The summed E-state index contributed by atoms with van der Waals surface area (Å²) in [5, 5.41) is -0.360. The minimum atomic E-state index is -0.731. The lowest BCUT2D eigenvalue weighted by Gasteiger charge is -1.84. The van der Waals surface area contributed by atoms with E-state index in [2.05, 4.69) is 0 Å². The van der Waals surface area contributed by atoms with Crippen LogP contribution in [-0.4, -0.2) is 0 Å². The summed E-state index contributed by atoms with van der Waals surface area (Å²) in [7, 11) is 0. The Balaban J connectivity index is 2.92. The molecule has 0 spiro atoms. The third kappa shape index (κ3) is 0.922. The highest BCUT2D eigenvalue weighted by Gasteiger charge is 2.09. The van der Waals surface area contributed by atoms with E-state index in [-0.39, 0.29) is 0 Å². The molecular formula is C8H4F2S. The molecule has 0 aliphatic carbocycles. The molecule has 0 nitrogen and oxygen atoms in total. The summed E-state index contributed by atoms with van der Waals surface area (Å²) in [5.41, 5.74) is 0. The molecule has 1 aromatic carbocycles. The lowest BCUT2D eigenvalue weighted by Crippen LogP contribution is -1.70. The first-order valence-electron chi connectivity index (χ1n) is 3.11. The molecule has 0 unspecified atom stereocenters.